The third-order valence-electron chi connectivity index (χ3n) is 3.58. The average Bonchev–Trinajstić information content (AvgIpc) is 2.46. The normalized spacial score (nSPS) is 13.4. The van der Waals surface area contributed by atoms with Crippen molar-refractivity contribution in [1.29, 1.82) is 0 Å². The highest BCUT2D eigenvalue weighted by Crippen LogP contribution is 2.20. The molecule has 0 fully saturated rings. The van der Waals surface area contributed by atoms with Gasteiger partial charge in [-0.1, -0.05) is 37.4 Å². The number of amides is 1. The quantitative estimate of drug-likeness (QED) is 0.641. The van der Waals surface area contributed by atoms with E-state index >= 15 is 0 Å². The zero-order chi connectivity index (χ0) is 17.4. The highest BCUT2D eigenvalue weighted by molar-refractivity contribution is 6.31. The lowest BCUT2D eigenvalue weighted by molar-refractivity contribution is -0.140. The Kier molecular flexibility index (Phi) is 8.06. The highest BCUT2D eigenvalue weighted by Gasteiger charge is 2.20. The highest BCUT2D eigenvalue weighted by atomic mass is 35.5. The van der Waals surface area contributed by atoms with E-state index in [0.717, 1.165) is 18.4 Å². The molecule has 0 radical (unpaired) electrons. The summed E-state index contributed by atoms with van der Waals surface area (Å²) < 4.78 is 0. The smallest absolute Gasteiger partial charge is 0.320 e. The van der Waals surface area contributed by atoms with Gasteiger partial charge in [0, 0.05) is 23.2 Å². The second-order valence-electron chi connectivity index (χ2n) is 5.82. The van der Waals surface area contributed by atoms with Crippen LogP contribution in [0.3, 0.4) is 0 Å². The molecule has 1 aromatic rings. The lowest BCUT2D eigenvalue weighted by Crippen LogP contribution is -2.43. The molecule has 0 aliphatic carbocycles. The molecule has 0 saturated carbocycles. The van der Waals surface area contributed by atoms with Gasteiger partial charge >= 0.3 is 5.97 Å². The van der Waals surface area contributed by atoms with Gasteiger partial charge in [0.15, 0.2) is 0 Å². The molecule has 128 valence electrons. The van der Waals surface area contributed by atoms with E-state index in [2.05, 4.69) is 10.6 Å². The minimum atomic E-state index is -0.879. The van der Waals surface area contributed by atoms with Crippen molar-refractivity contribution in [2.75, 3.05) is 5.32 Å². The van der Waals surface area contributed by atoms with Crippen LogP contribution in [0, 0.1) is 6.92 Å². The van der Waals surface area contributed by atoms with Crippen LogP contribution in [-0.4, -0.2) is 29.1 Å². The van der Waals surface area contributed by atoms with Crippen molar-refractivity contribution in [3.05, 3.63) is 28.8 Å². The van der Waals surface area contributed by atoms with Gasteiger partial charge < -0.3 is 15.7 Å². The van der Waals surface area contributed by atoms with Crippen molar-refractivity contribution >= 4 is 29.2 Å². The summed E-state index contributed by atoms with van der Waals surface area (Å²) in [5.74, 6) is -1.06. The van der Waals surface area contributed by atoms with Crippen LogP contribution in [0.15, 0.2) is 18.2 Å². The van der Waals surface area contributed by atoms with Gasteiger partial charge in [-0.25, -0.2) is 0 Å². The Morgan fingerprint density at radius 2 is 2.04 bits per heavy atom. The molecule has 0 saturated heterocycles. The maximum Gasteiger partial charge on any atom is 0.320 e. The second kappa shape index (κ2) is 9.53. The molecule has 0 aliphatic rings. The number of aliphatic carboxylic acids is 1. The number of anilines is 1. The maximum absolute atomic E-state index is 12.0. The molecule has 0 bridgehead atoms. The van der Waals surface area contributed by atoms with Crippen molar-refractivity contribution < 1.29 is 14.7 Å². The van der Waals surface area contributed by atoms with Crippen molar-refractivity contribution in [1.82, 2.24) is 5.32 Å². The summed E-state index contributed by atoms with van der Waals surface area (Å²) in [6.45, 7) is 5.72. The van der Waals surface area contributed by atoms with Crippen LogP contribution in [0.5, 0.6) is 0 Å². The predicted octanol–water partition coefficient (Wildman–Crippen LogP) is 3.60. The maximum atomic E-state index is 12.0. The van der Waals surface area contributed by atoms with Gasteiger partial charge in [0.2, 0.25) is 5.91 Å². The molecule has 23 heavy (non-hydrogen) atoms. The van der Waals surface area contributed by atoms with E-state index in [9.17, 15) is 14.7 Å². The second-order valence-corrected chi connectivity index (χ2v) is 6.22. The number of aryl methyl sites for hydroxylation is 1. The average molecular weight is 341 g/mol. The van der Waals surface area contributed by atoms with Crippen LogP contribution in [0.4, 0.5) is 5.69 Å². The van der Waals surface area contributed by atoms with E-state index < -0.39 is 12.0 Å². The molecule has 2 unspecified atom stereocenters. The number of carbonyl (C=O) groups excluding carboxylic acids is 1. The third kappa shape index (κ3) is 7.01. The topological polar surface area (TPSA) is 78.4 Å². The summed E-state index contributed by atoms with van der Waals surface area (Å²) in [6, 6.07) is 4.48. The van der Waals surface area contributed by atoms with Crippen molar-refractivity contribution in [2.24, 2.45) is 0 Å². The van der Waals surface area contributed by atoms with E-state index in [4.69, 9.17) is 11.6 Å². The fourth-order valence-electron chi connectivity index (χ4n) is 2.25. The van der Waals surface area contributed by atoms with Gasteiger partial charge in [0.05, 0.1) is 0 Å². The fourth-order valence-corrected chi connectivity index (χ4v) is 2.43. The molecule has 1 amide bonds. The van der Waals surface area contributed by atoms with Crippen LogP contribution >= 0.6 is 11.6 Å². The van der Waals surface area contributed by atoms with Crippen LogP contribution < -0.4 is 10.6 Å². The molecule has 0 aromatic heterocycles. The molecular formula is C17H25ClN2O3. The number of carbonyl (C=O) groups is 2. The first-order valence-corrected chi connectivity index (χ1v) is 8.26. The Hall–Kier alpha value is -1.59. The molecule has 1 aromatic carbocycles. The largest absolute Gasteiger partial charge is 0.480 e. The molecule has 0 spiro atoms. The van der Waals surface area contributed by atoms with Crippen molar-refractivity contribution in [3.8, 4) is 0 Å². The zero-order valence-corrected chi connectivity index (χ0v) is 14.6. The van der Waals surface area contributed by atoms with E-state index in [1.807, 2.05) is 26.8 Å². The summed E-state index contributed by atoms with van der Waals surface area (Å²) in [4.78, 5) is 23.3. The van der Waals surface area contributed by atoms with Gasteiger partial charge in [-0.2, -0.15) is 0 Å². The number of hydrogen-bond acceptors (Lipinski definition) is 3. The van der Waals surface area contributed by atoms with Gasteiger partial charge in [-0.3, -0.25) is 9.59 Å². The molecule has 2 atom stereocenters. The first kappa shape index (κ1) is 19.5. The molecule has 0 heterocycles. The summed E-state index contributed by atoms with van der Waals surface area (Å²) in [6.07, 6.45) is 2.53. The molecule has 1 rings (SSSR count). The number of benzene rings is 1. The Balaban J connectivity index is 2.51. The number of rotatable bonds is 9. The van der Waals surface area contributed by atoms with E-state index in [1.165, 1.54) is 0 Å². The minimum absolute atomic E-state index is 0.176. The molecule has 3 N–H and O–H groups in total. The Labute approximate surface area is 142 Å². The zero-order valence-electron chi connectivity index (χ0n) is 13.9. The predicted molar refractivity (Wildman–Crippen MR) is 93.0 cm³/mol. The molecule has 5 nitrogen and oxygen atoms in total. The lowest BCUT2D eigenvalue weighted by Gasteiger charge is -2.19. The van der Waals surface area contributed by atoms with Gasteiger partial charge in [0.25, 0.3) is 0 Å². The summed E-state index contributed by atoms with van der Waals surface area (Å²) in [7, 11) is 0. The van der Waals surface area contributed by atoms with Gasteiger partial charge in [-0.05, 0) is 38.0 Å². The fraction of sp³-hybridized carbons (Fsp3) is 0.529. The van der Waals surface area contributed by atoms with E-state index in [-0.39, 0.29) is 18.4 Å². The van der Waals surface area contributed by atoms with Crippen molar-refractivity contribution in [2.45, 2.75) is 58.5 Å². The minimum Gasteiger partial charge on any atom is -0.480 e. The van der Waals surface area contributed by atoms with Gasteiger partial charge in [-0.15, -0.1) is 0 Å². The molecular weight excluding hydrogens is 316 g/mol. The number of carboxylic acids is 1. The van der Waals surface area contributed by atoms with Crippen LogP contribution in [-0.2, 0) is 9.59 Å². The standard InChI is InChI=1S/C17H25ClN2O3/c1-4-5-6-15(17(22)23)19-12(3)9-16(21)20-13-8-7-11(2)14(18)10-13/h7-8,10,12,15,19H,4-6,9H2,1-3H3,(H,20,21)(H,22,23). The molecule has 6 heteroatoms. The first-order valence-electron chi connectivity index (χ1n) is 7.88. The number of unbranched alkanes of at least 4 members (excludes halogenated alkanes) is 1. The number of halogens is 1. The summed E-state index contributed by atoms with van der Waals surface area (Å²) >= 11 is 6.03. The number of carboxylic acid groups (broad SMARTS) is 1. The van der Waals surface area contributed by atoms with Crippen LogP contribution in [0.2, 0.25) is 5.02 Å². The third-order valence-corrected chi connectivity index (χ3v) is 3.98. The molecule has 0 aliphatic heterocycles. The van der Waals surface area contributed by atoms with Gasteiger partial charge in [0.1, 0.15) is 6.04 Å². The Bertz CT molecular complexity index is 549. The van der Waals surface area contributed by atoms with Crippen molar-refractivity contribution in [3.63, 3.8) is 0 Å². The number of nitrogens with one attached hydrogen (secondary N) is 2. The van der Waals surface area contributed by atoms with Crippen LogP contribution in [0.25, 0.3) is 0 Å². The summed E-state index contributed by atoms with van der Waals surface area (Å²) in [5.41, 5.74) is 1.58. The van der Waals surface area contributed by atoms with Crippen LogP contribution in [0.1, 0.15) is 45.1 Å². The first-order chi connectivity index (χ1) is 10.8. The summed E-state index contributed by atoms with van der Waals surface area (Å²) in [5, 5.41) is 15.6. The lowest BCUT2D eigenvalue weighted by atomic mass is 10.1. The monoisotopic (exact) mass is 340 g/mol. The number of hydrogen-bond donors (Lipinski definition) is 3. The van der Waals surface area contributed by atoms with E-state index in [0.29, 0.717) is 17.1 Å². The Morgan fingerprint density at radius 1 is 1.35 bits per heavy atom. The van der Waals surface area contributed by atoms with E-state index in [1.54, 1.807) is 12.1 Å². The SMILES string of the molecule is CCCCC(NC(C)CC(=O)Nc1ccc(C)c(Cl)c1)C(=O)O. The Morgan fingerprint density at radius 3 is 2.61 bits per heavy atom.